The van der Waals surface area contributed by atoms with Gasteiger partial charge < -0.3 is 122 Å². The number of ether oxygens (including phenoxy) is 6. The number of unbranched alkanes of at least 4 members (excludes halogenated alkanes) is 8. The van der Waals surface area contributed by atoms with E-state index < -0.39 is 265 Å². The molecule has 2 saturated heterocycles. The van der Waals surface area contributed by atoms with Crippen LogP contribution < -0.4 is 61.9 Å². The molecule has 8 aliphatic rings. The van der Waals surface area contributed by atoms with Crippen molar-refractivity contribution < 1.29 is 131 Å². The van der Waals surface area contributed by atoms with Gasteiger partial charge in [-0.05, 0) is 172 Å². The number of carboxylic acid groups (broad SMARTS) is 1. The maximum atomic E-state index is 16.6. The predicted molar refractivity (Wildman–Crippen MR) is 482 cm³/mol. The van der Waals surface area contributed by atoms with Crippen LogP contribution in [-0.4, -0.2) is 205 Å². The molecule has 7 aliphatic heterocycles. The first-order valence-electron chi connectivity index (χ1n) is 45.1. The molecule has 1 saturated carbocycles. The van der Waals surface area contributed by atoms with E-state index in [-0.39, 0.29) is 82.4 Å². The van der Waals surface area contributed by atoms with Crippen LogP contribution in [0.15, 0.2) is 102 Å². The summed E-state index contributed by atoms with van der Waals surface area (Å²) in [6, 6.07) is 10.7. The standard InChI is InChI=1S/C94H119Cl2N9O27S/c1-7-9-10-11-12-15-18-48-19-26-56(27-20-48)133(125,126)99-32-17-14-13-16-31-98-44-60-64(108)42-59-74(81(60)114)58-34-50(21-28-63(58)107)57-41-66(110)75-53-38-69(128-67-29-22-51(35-61(67)95)79(112)77(103-87(118)49(8-2)33-46(3)4)65(109)37-54(40-72(97)111)88(119)101-75)84(70(39-53)129-68-30-23-52(36-62(68)96)80(113)78(104-89(57)120)90(121)102-76(59)91(122)123)132-92-85(83(116)82(115)71(45-106)130-92)131-73-43-94(6,86(117)47(5)127-73)105-93(124)100-55-24-25-55/h19-23,26-30,34-36,38-39,42,46-47,49,54-55,57,71,73,75-80,82-83,85-86,92,98-99,106-108,112-117H,7-18,24-25,31-33,37,40-41,43-45H2,1-6H3,(H2,97,111)(H,101,119)(H,102,121)(H,103,118)(H,104,120)(H,122,123)(H2,100,105,124)/t47-,49+,54-,57+,71+,73-,75+,76-,77-,78-,79+,80+,82+,83-,85+,86+,92-,94-/m0/s1. The van der Waals surface area contributed by atoms with Crippen molar-refractivity contribution in [3.05, 3.63) is 146 Å². The van der Waals surface area contributed by atoms with Crippen LogP contribution >= 0.6 is 23.2 Å². The molecule has 722 valence electrons. The van der Waals surface area contributed by atoms with Crippen molar-refractivity contribution in [1.82, 2.24) is 41.9 Å². The minimum absolute atomic E-state index is 0.0435. The van der Waals surface area contributed by atoms with E-state index in [2.05, 4.69) is 48.9 Å². The number of Topliss-reactive ketones (excluding diaryl/α,β-unsaturated/α-hetero) is 2. The molecule has 39 heteroatoms. The van der Waals surface area contributed by atoms with Gasteiger partial charge in [-0.2, -0.15) is 0 Å². The van der Waals surface area contributed by atoms with Gasteiger partial charge in [0.1, 0.15) is 83.5 Å². The summed E-state index contributed by atoms with van der Waals surface area (Å²) in [6.07, 6.45) is -9.76. The van der Waals surface area contributed by atoms with Gasteiger partial charge >= 0.3 is 12.0 Å². The Balaban J connectivity index is 0.956. The number of hydrogen-bond donors (Lipinski definition) is 19. The Labute approximate surface area is 779 Å². The van der Waals surface area contributed by atoms with Gasteiger partial charge in [0.25, 0.3) is 0 Å². The number of carbonyl (C=O) groups excluding carboxylic acids is 8. The zero-order valence-corrected chi connectivity index (χ0v) is 77.0. The largest absolute Gasteiger partial charge is 0.507 e. The predicted octanol–water partition coefficient (Wildman–Crippen LogP) is 8.55. The molecule has 14 rings (SSSR count). The number of aliphatic hydroxyl groups excluding tert-OH is 6. The molecule has 7 heterocycles. The number of benzene rings is 6. The van der Waals surface area contributed by atoms with Crippen LogP contribution in [0.4, 0.5) is 4.79 Å². The second-order valence-corrected chi connectivity index (χ2v) is 38.3. The molecular weight excluding hydrogens is 1790 g/mol. The van der Waals surface area contributed by atoms with Crippen LogP contribution in [0, 0.1) is 17.8 Å². The van der Waals surface area contributed by atoms with Gasteiger partial charge in [0.15, 0.2) is 41.5 Å². The molecule has 1 aliphatic carbocycles. The van der Waals surface area contributed by atoms with Crippen LogP contribution in [-0.2, 0) is 75.6 Å². The quantitative estimate of drug-likeness (QED) is 0.0171. The zero-order valence-electron chi connectivity index (χ0n) is 74.6. The first kappa shape index (κ1) is 102. The lowest BCUT2D eigenvalue weighted by Gasteiger charge is -2.48. The van der Waals surface area contributed by atoms with Gasteiger partial charge in [0.05, 0.1) is 50.6 Å². The highest BCUT2D eigenvalue weighted by Gasteiger charge is 2.53. The number of carbonyl (C=O) groups is 9. The number of carboxylic acids is 1. The molecule has 18 atom stereocenters. The van der Waals surface area contributed by atoms with Gasteiger partial charge in [0, 0.05) is 67.4 Å². The number of phenolic OH excluding ortho intramolecular Hbond substituents is 3. The number of ketones is 2. The Morgan fingerprint density at radius 2 is 1.32 bits per heavy atom. The van der Waals surface area contributed by atoms with Gasteiger partial charge in [-0.1, -0.05) is 126 Å². The Kier molecular flexibility index (Phi) is 34.3. The van der Waals surface area contributed by atoms with Crippen LogP contribution in [0.25, 0.3) is 11.1 Å². The molecule has 6 aromatic carbocycles. The number of aromatic hydroxyl groups is 3. The van der Waals surface area contributed by atoms with E-state index in [1.165, 1.54) is 44.9 Å². The summed E-state index contributed by atoms with van der Waals surface area (Å²) < 4.78 is 68.5. The number of phenols is 3. The van der Waals surface area contributed by atoms with E-state index >= 15 is 24.0 Å². The van der Waals surface area contributed by atoms with E-state index in [1.54, 1.807) is 19.1 Å². The fourth-order valence-electron chi connectivity index (χ4n) is 17.5. The Morgan fingerprint density at radius 1 is 0.684 bits per heavy atom. The number of hydrogen-bond acceptors (Lipinski definition) is 27. The van der Waals surface area contributed by atoms with E-state index in [1.807, 2.05) is 26.0 Å². The Bertz CT molecular complexity index is 5360. The number of aryl methyl sites for hydroxylation is 1. The fraction of sp³-hybridized carbons (Fsp3) is 0.521. The molecule has 20 N–H and O–H groups in total. The van der Waals surface area contributed by atoms with Gasteiger partial charge in [-0.3, -0.25) is 33.6 Å². The molecule has 0 aromatic heterocycles. The number of rotatable bonds is 33. The SMILES string of the molecule is CCCCCCCCc1ccc(S(=O)(=O)NCCCCCCNCc2c(O)cc3c(c2O)-c2cc(ccc2O)[C@H]2CC(=O)[C@@H]4NC(=O)[C@H](CC(N)=O)CC(=O)[C@H](NC(=O)[C@H](CC)CC(C)C)[C@H](O)c5ccc(c(Cl)c5)Oc5cc4cc(c5O[C@@H]4O[C@H](CO)[C@@H](O)[C@H](O)[C@H]4O[C@H]4C[C@](C)(NC(=O)NC5CC5)[C@H](O)[C@H](C)O4)Oc4ccc(cc4Cl)[C@@H](O)[C@H](NC2=O)C(=O)N[C@@H]3C(=O)O)cc1. The topological polar surface area (TPSA) is 568 Å². The van der Waals surface area contributed by atoms with Crippen LogP contribution in [0.5, 0.6) is 46.0 Å². The molecule has 0 spiro atoms. The number of urea groups is 1. The van der Waals surface area contributed by atoms with Crippen molar-refractivity contribution >= 4 is 86.3 Å². The van der Waals surface area contributed by atoms with Gasteiger partial charge in [0.2, 0.25) is 51.6 Å². The van der Waals surface area contributed by atoms with E-state index in [4.69, 9.17) is 57.4 Å². The molecule has 36 nitrogen and oxygen atoms in total. The maximum Gasteiger partial charge on any atom is 0.330 e. The Hall–Kier alpha value is -10.4. The Morgan fingerprint density at radius 3 is 1.95 bits per heavy atom. The van der Waals surface area contributed by atoms with Crippen LogP contribution in [0.2, 0.25) is 10.0 Å². The molecule has 11 bridgehead atoms. The number of sulfonamides is 1. The minimum atomic E-state index is -3.80. The van der Waals surface area contributed by atoms with E-state index in [0.29, 0.717) is 32.1 Å². The molecular formula is C94H119Cl2N9O27S. The van der Waals surface area contributed by atoms with Crippen molar-refractivity contribution in [3.8, 4) is 57.1 Å². The summed E-state index contributed by atoms with van der Waals surface area (Å²) in [5.74, 6) is -19.6. The van der Waals surface area contributed by atoms with Crippen molar-refractivity contribution in [2.45, 2.75) is 278 Å². The highest BCUT2D eigenvalue weighted by Crippen LogP contribution is 2.52. The third kappa shape index (κ3) is 24.9. The van der Waals surface area contributed by atoms with Crippen molar-refractivity contribution in [2.75, 3.05) is 19.7 Å². The second-order valence-electron chi connectivity index (χ2n) is 35.8. The number of primary amides is 1. The third-order valence-corrected chi connectivity index (χ3v) is 27.2. The second kappa shape index (κ2) is 44.9. The average molecular weight is 1910 g/mol. The lowest BCUT2D eigenvalue weighted by Crippen LogP contribution is -2.67. The number of aliphatic hydroxyl groups is 6. The minimum Gasteiger partial charge on any atom is -0.507 e. The summed E-state index contributed by atoms with van der Waals surface area (Å²) in [7, 11) is -3.80. The highest BCUT2D eigenvalue weighted by molar-refractivity contribution is 7.89. The fourth-order valence-corrected chi connectivity index (χ4v) is 19.0. The maximum absolute atomic E-state index is 16.6. The normalized spacial score (nSPS) is 25.9. The molecule has 0 radical (unpaired) electrons. The average Bonchev–Trinajstić information content (AvgIpc) is 1.40. The van der Waals surface area contributed by atoms with Crippen molar-refractivity contribution in [1.29, 1.82) is 0 Å². The number of nitrogens with one attached hydrogen (secondary N) is 8. The first-order chi connectivity index (χ1) is 63.3. The number of amides is 7. The lowest BCUT2D eigenvalue weighted by molar-refractivity contribution is -0.334. The number of halogens is 2. The first-order valence-corrected chi connectivity index (χ1v) is 47.4. The summed E-state index contributed by atoms with van der Waals surface area (Å²) in [6.45, 7) is 9.69. The summed E-state index contributed by atoms with van der Waals surface area (Å²) in [5, 5.41) is 138. The molecule has 7 amide bonds. The summed E-state index contributed by atoms with van der Waals surface area (Å²) in [5.41, 5.74) is 2.49. The number of fused-ring (bicyclic) bond motifs is 15. The number of aliphatic carboxylic acids is 1. The summed E-state index contributed by atoms with van der Waals surface area (Å²) >= 11 is 14.4. The van der Waals surface area contributed by atoms with Gasteiger partial charge in [-0.15, -0.1) is 0 Å². The van der Waals surface area contributed by atoms with E-state index in [9.17, 15) is 78.7 Å². The molecule has 133 heavy (non-hydrogen) atoms. The third-order valence-electron chi connectivity index (χ3n) is 25.1. The smallest absolute Gasteiger partial charge is 0.330 e. The summed E-state index contributed by atoms with van der Waals surface area (Å²) in [4.78, 5) is 134. The highest BCUT2D eigenvalue weighted by atomic mass is 35.5. The molecule has 0 unspecified atom stereocenters. The van der Waals surface area contributed by atoms with E-state index in [0.717, 1.165) is 105 Å². The van der Waals surface area contributed by atoms with Crippen LogP contribution in [0.1, 0.15) is 226 Å². The zero-order chi connectivity index (χ0) is 96.2. The van der Waals surface area contributed by atoms with Crippen LogP contribution in [0.3, 0.4) is 0 Å². The van der Waals surface area contributed by atoms with Crippen molar-refractivity contribution in [3.63, 3.8) is 0 Å². The van der Waals surface area contributed by atoms with Crippen molar-refractivity contribution in [2.24, 2.45) is 23.5 Å². The number of nitrogens with two attached hydrogens (primary N) is 1. The lowest BCUT2D eigenvalue weighted by atomic mass is 9.84. The van der Waals surface area contributed by atoms with Gasteiger partial charge in [-0.25, -0.2) is 22.7 Å². The molecule has 6 aromatic rings. The molecule has 3 fully saturated rings. The monoisotopic (exact) mass is 1910 g/mol.